The molecule has 0 amide bonds. The van der Waals surface area contributed by atoms with Gasteiger partial charge in [-0.1, -0.05) is 0 Å². The zero-order valence-corrected chi connectivity index (χ0v) is 5.27. The summed E-state index contributed by atoms with van der Waals surface area (Å²) in [6.07, 6.45) is -1.83. The van der Waals surface area contributed by atoms with Crippen LogP contribution in [0.2, 0.25) is 0 Å². The Balaban J connectivity index is -0.0000000183. The Kier molecular flexibility index (Phi) is 36.2. The Morgan fingerprint density at radius 2 is 1.43 bits per heavy atom. The minimum atomic E-state index is -1.83. The van der Waals surface area contributed by atoms with Crippen molar-refractivity contribution in [3.05, 3.63) is 0 Å². The second-order valence-electron chi connectivity index (χ2n) is 0.283. The molecule has 0 aliphatic carbocycles. The Hall–Kier alpha value is 0.382. The van der Waals surface area contributed by atoms with E-state index in [1.807, 2.05) is 0 Å². The Morgan fingerprint density at radius 3 is 1.43 bits per heavy atom. The van der Waals surface area contributed by atoms with Gasteiger partial charge in [0, 0.05) is 0 Å². The van der Waals surface area contributed by atoms with Gasteiger partial charge in [-0.05, 0) is 0 Å². The molecule has 0 bridgehead atoms. The average molecular weight is 134 g/mol. The summed E-state index contributed by atoms with van der Waals surface area (Å²) in [5, 5.41) is 13.9. The van der Waals surface area contributed by atoms with Gasteiger partial charge in [0.2, 0.25) is 0 Å². The van der Waals surface area contributed by atoms with E-state index < -0.39 is 6.16 Å². The molecule has 0 aliphatic rings. The van der Waals surface area contributed by atoms with Gasteiger partial charge < -0.3 is 11.6 Å². The van der Waals surface area contributed by atoms with Crippen molar-refractivity contribution >= 4 is 6.16 Å². The summed E-state index contributed by atoms with van der Waals surface area (Å²) in [6.45, 7) is 0. The molecule has 0 rings (SSSR count). The van der Waals surface area contributed by atoms with Gasteiger partial charge in [-0.25, -0.2) is 4.79 Å². The minimum absolute atomic E-state index is 0. The summed E-state index contributed by atoms with van der Waals surface area (Å²) < 4.78 is 8.25. The van der Waals surface area contributed by atoms with E-state index >= 15 is 0 Å². The Morgan fingerprint density at radius 1 is 1.43 bits per heavy atom. The molecule has 0 heterocycles. The van der Waals surface area contributed by atoms with E-state index in [2.05, 4.69) is 0 Å². The molecule has 2 N–H and O–H groups in total. The Bertz CT molecular complexity index is 47.3. The first-order valence-corrected chi connectivity index (χ1v) is 1.49. The summed E-state index contributed by atoms with van der Waals surface area (Å²) in [7, 11) is 0. The molecule has 0 spiro atoms. The van der Waals surface area contributed by atoms with Gasteiger partial charge in [0.1, 0.15) is 0 Å². The van der Waals surface area contributed by atoms with Crippen LogP contribution in [-0.2, 0) is 23.7 Å². The second kappa shape index (κ2) is 16.2. The third kappa shape index (κ3) is 841. The monoisotopic (exact) mass is 134 g/mol. The van der Waals surface area contributed by atoms with Crippen molar-refractivity contribution in [2.45, 2.75) is 0 Å². The van der Waals surface area contributed by atoms with Crippen LogP contribution in [0, 0.1) is 0 Å². The van der Waals surface area contributed by atoms with Crippen molar-refractivity contribution in [1.82, 2.24) is 0 Å². The van der Waals surface area contributed by atoms with Crippen LogP contribution in [0.1, 0.15) is 1.43 Å². The fourth-order valence-electron chi connectivity index (χ4n) is 0. The topological polar surface area (TPSA) is 74.6 Å². The van der Waals surface area contributed by atoms with Crippen LogP contribution < -0.4 is 18.9 Å². The van der Waals surface area contributed by atoms with E-state index in [-0.39, 0.29) is 20.3 Å². The van der Waals surface area contributed by atoms with Crippen LogP contribution >= 0.6 is 0 Å². The van der Waals surface area contributed by atoms with Gasteiger partial charge in [0.15, 0.2) is 0 Å². The fraction of sp³-hybridized carbons (Fsp3) is 0. The van der Waals surface area contributed by atoms with Gasteiger partial charge in [-0.2, -0.15) is 0 Å². The summed E-state index contributed by atoms with van der Waals surface area (Å²) in [4.78, 5) is 8.56. The van der Waals surface area contributed by atoms with Crippen molar-refractivity contribution in [1.29, 1.82) is 0 Å². The molecule has 0 saturated carbocycles. The first-order chi connectivity index (χ1) is 2.73. The van der Waals surface area contributed by atoms with Crippen LogP contribution in [0.25, 0.3) is 0 Å². The maximum absolute atomic E-state index is 8.56. The second-order valence-corrected chi connectivity index (χ2v) is 0.283. The molecule has 0 saturated heterocycles. The quantitative estimate of drug-likeness (QED) is 0.351. The van der Waals surface area contributed by atoms with Gasteiger partial charge in [-0.15, -0.1) is 0 Å². The number of carbonyl (C=O) groups is 1. The summed E-state index contributed by atoms with van der Waals surface area (Å²) in [6, 6.07) is 0. The van der Waals surface area contributed by atoms with E-state index in [0.717, 1.165) is 20.4 Å². The maximum atomic E-state index is 8.56. The first-order valence-electron chi connectivity index (χ1n) is 0.855. The molecule has 0 radical (unpaired) electrons. The molecular formula is CH3LiO4Ti. The van der Waals surface area contributed by atoms with E-state index in [0.29, 0.717) is 0 Å². The van der Waals surface area contributed by atoms with Crippen LogP contribution in [0.5, 0.6) is 0 Å². The van der Waals surface area contributed by atoms with Gasteiger partial charge in [0.05, 0.1) is 0 Å². The van der Waals surface area contributed by atoms with E-state index in [1.165, 1.54) is 0 Å². The van der Waals surface area contributed by atoms with Gasteiger partial charge >= 0.3 is 48.7 Å². The van der Waals surface area contributed by atoms with Gasteiger partial charge in [-0.3, -0.25) is 0 Å². The normalized spacial score (nSPS) is 3.86. The van der Waals surface area contributed by atoms with Crippen molar-refractivity contribution in [2.75, 3.05) is 0 Å². The van der Waals surface area contributed by atoms with Crippen LogP contribution in [0.4, 0.5) is 4.79 Å². The van der Waals surface area contributed by atoms with E-state index in [4.69, 9.17) is 18.3 Å². The number of carboxylic acid groups (broad SMARTS) is 2. The molecule has 0 fully saturated rings. The predicted octanol–water partition coefficient (Wildman–Crippen LogP) is -2.78. The molecule has 0 aromatic rings. The molecule has 0 atom stereocenters. The Labute approximate surface area is 65.3 Å². The van der Waals surface area contributed by atoms with Crippen molar-refractivity contribution < 1.29 is 59.0 Å². The number of hydrogen-bond donors (Lipinski definition) is 2. The number of rotatable bonds is 0. The van der Waals surface area contributed by atoms with Crippen molar-refractivity contribution in [2.24, 2.45) is 0 Å². The standard InChI is InChI=1S/CH2O3.Li.O.Ti.H/c2-1(3)4;;;;/h(H2,2,3,4);;;;/q;+1;;;-1. The molecular weight excluding hydrogens is 131 g/mol. The molecule has 0 aromatic heterocycles. The molecule has 6 heteroatoms. The van der Waals surface area contributed by atoms with Crippen molar-refractivity contribution in [3.63, 3.8) is 0 Å². The predicted molar refractivity (Wildman–Crippen MR) is 12.5 cm³/mol. The molecule has 7 heavy (non-hydrogen) atoms. The SMILES string of the molecule is O=C(O)O.[H-].[Li+].[O]=[Ti]. The average Bonchev–Trinajstić information content (AvgIpc) is 1.41. The van der Waals surface area contributed by atoms with Crippen LogP contribution in [0.15, 0.2) is 0 Å². The molecule has 0 aliphatic heterocycles. The van der Waals surface area contributed by atoms with Crippen LogP contribution in [-0.4, -0.2) is 16.4 Å². The third-order valence-electron chi connectivity index (χ3n) is 0. The first kappa shape index (κ1) is 15.7. The summed E-state index contributed by atoms with van der Waals surface area (Å²) >= 11 is 0.750. The molecule has 4 nitrogen and oxygen atoms in total. The third-order valence-corrected chi connectivity index (χ3v) is 0. The van der Waals surface area contributed by atoms with E-state index in [9.17, 15) is 0 Å². The summed E-state index contributed by atoms with van der Waals surface area (Å²) in [5.41, 5.74) is 0. The zero-order chi connectivity index (χ0) is 5.58. The zero-order valence-electron chi connectivity index (χ0n) is 4.71. The van der Waals surface area contributed by atoms with Crippen molar-refractivity contribution in [3.8, 4) is 0 Å². The molecule has 0 aromatic carbocycles. The van der Waals surface area contributed by atoms with Crippen LogP contribution in [0.3, 0.4) is 0 Å². The number of hydrogen-bond acceptors (Lipinski definition) is 2. The summed E-state index contributed by atoms with van der Waals surface area (Å²) in [5.74, 6) is 0. The molecule has 0 unspecified atom stereocenters. The molecule has 36 valence electrons. The van der Waals surface area contributed by atoms with Gasteiger partial charge in [0.25, 0.3) is 0 Å². The van der Waals surface area contributed by atoms with E-state index in [1.54, 1.807) is 0 Å². The fourth-order valence-corrected chi connectivity index (χ4v) is 0.